The van der Waals surface area contributed by atoms with E-state index in [9.17, 15) is 0 Å². The number of hydrogen-bond acceptors (Lipinski definition) is 4. The van der Waals surface area contributed by atoms with Crippen LogP contribution in [0.25, 0.3) is 16.5 Å². The molecule has 76 valence electrons. The van der Waals surface area contributed by atoms with Crippen molar-refractivity contribution in [1.29, 1.82) is 5.26 Å². The van der Waals surface area contributed by atoms with Gasteiger partial charge < -0.3 is 5.73 Å². The lowest BCUT2D eigenvalue weighted by Gasteiger charge is -1.87. The number of hydrogen-bond donors (Lipinski definition) is 2. The number of nitrogen functional groups attached to an aromatic ring is 1. The van der Waals surface area contributed by atoms with E-state index < -0.39 is 0 Å². The highest BCUT2D eigenvalue weighted by Gasteiger charge is 2.05. The second-order valence-corrected chi connectivity index (χ2v) is 2.65. The highest BCUT2D eigenvalue weighted by atomic mass is 15.2. The summed E-state index contributed by atoms with van der Waals surface area (Å²) in [7, 11) is 0. The van der Waals surface area contributed by atoms with Crippen LogP contribution in [0, 0.1) is 11.3 Å². The maximum absolute atomic E-state index is 8.74. The minimum atomic E-state index is 0.187. The highest BCUT2D eigenvalue weighted by molar-refractivity contribution is 5.62. The molecule has 3 N–H and O–H groups in total. The molecule has 0 saturated carbocycles. The van der Waals surface area contributed by atoms with E-state index in [4.69, 9.17) is 16.5 Å². The van der Waals surface area contributed by atoms with Crippen LogP contribution in [0.15, 0.2) is 11.2 Å². The van der Waals surface area contributed by atoms with Crippen LogP contribution < -0.4 is 5.73 Å². The Bertz CT molecular complexity index is 444. The van der Waals surface area contributed by atoms with Crippen molar-refractivity contribution in [2.45, 2.75) is 6.42 Å². The maximum Gasteiger partial charge on any atom is 0.163 e. The SMILES string of the molecule is N#Cc1c(N)n[nH]c1C=CCCN=[N+]=[N-]. The first-order valence-electron chi connectivity index (χ1n) is 4.21. The van der Waals surface area contributed by atoms with E-state index in [0.717, 1.165) is 0 Å². The van der Waals surface area contributed by atoms with Crippen molar-refractivity contribution >= 4 is 11.9 Å². The lowest BCUT2D eigenvalue weighted by molar-refractivity contribution is 0.994. The van der Waals surface area contributed by atoms with Crippen LogP contribution >= 0.6 is 0 Å². The van der Waals surface area contributed by atoms with E-state index in [1.807, 2.05) is 6.07 Å². The molecule has 15 heavy (non-hydrogen) atoms. The largest absolute Gasteiger partial charge is 0.381 e. The second-order valence-electron chi connectivity index (χ2n) is 2.65. The third-order valence-corrected chi connectivity index (χ3v) is 1.68. The minimum absolute atomic E-state index is 0.187. The summed E-state index contributed by atoms with van der Waals surface area (Å²) in [6.07, 6.45) is 4.07. The molecule has 0 spiro atoms. The molecule has 1 heterocycles. The van der Waals surface area contributed by atoms with Crippen molar-refractivity contribution in [1.82, 2.24) is 10.2 Å². The fourth-order valence-electron chi connectivity index (χ4n) is 0.987. The van der Waals surface area contributed by atoms with Crippen LogP contribution in [0.3, 0.4) is 0 Å². The Hall–Kier alpha value is -2.45. The number of anilines is 1. The molecule has 7 nitrogen and oxygen atoms in total. The van der Waals surface area contributed by atoms with E-state index >= 15 is 0 Å². The van der Waals surface area contributed by atoms with Gasteiger partial charge >= 0.3 is 0 Å². The molecule has 0 aliphatic heterocycles. The second kappa shape index (κ2) is 5.32. The Kier molecular flexibility index (Phi) is 3.77. The van der Waals surface area contributed by atoms with Crippen LogP contribution in [-0.2, 0) is 0 Å². The van der Waals surface area contributed by atoms with Crippen LogP contribution in [0.5, 0.6) is 0 Å². The highest BCUT2D eigenvalue weighted by Crippen LogP contribution is 2.12. The van der Waals surface area contributed by atoms with Crippen molar-refractivity contribution in [3.63, 3.8) is 0 Å². The van der Waals surface area contributed by atoms with Gasteiger partial charge in [0.2, 0.25) is 0 Å². The monoisotopic (exact) mass is 203 g/mol. The first kappa shape index (κ1) is 10.6. The summed E-state index contributed by atoms with van der Waals surface area (Å²) in [5.41, 5.74) is 14.4. The predicted octanol–water partition coefficient (Wildman–Crippen LogP) is 1.58. The Morgan fingerprint density at radius 3 is 3.20 bits per heavy atom. The van der Waals surface area contributed by atoms with Gasteiger partial charge in [-0.25, -0.2) is 0 Å². The first-order valence-corrected chi connectivity index (χ1v) is 4.21. The zero-order valence-corrected chi connectivity index (χ0v) is 7.88. The molecule has 1 rings (SSSR count). The van der Waals surface area contributed by atoms with Gasteiger partial charge in [-0.05, 0) is 18.0 Å². The lowest BCUT2D eigenvalue weighted by atomic mass is 10.2. The summed E-state index contributed by atoms with van der Waals surface area (Å²) < 4.78 is 0. The summed E-state index contributed by atoms with van der Waals surface area (Å²) in [5.74, 6) is 0.187. The van der Waals surface area contributed by atoms with Gasteiger partial charge in [0.05, 0.1) is 5.69 Å². The molecule has 0 unspecified atom stereocenters. The number of aromatic nitrogens is 2. The molecule has 0 saturated heterocycles. The van der Waals surface area contributed by atoms with E-state index in [-0.39, 0.29) is 5.82 Å². The van der Waals surface area contributed by atoms with Crippen molar-refractivity contribution < 1.29 is 0 Å². The first-order chi connectivity index (χ1) is 7.29. The Morgan fingerprint density at radius 1 is 1.73 bits per heavy atom. The van der Waals surface area contributed by atoms with E-state index in [0.29, 0.717) is 24.2 Å². The van der Waals surface area contributed by atoms with Crippen molar-refractivity contribution in [3.8, 4) is 6.07 Å². The van der Waals surface area contributed by atoms with Gasteiger partial charge in [-0.1, -0.05) is 11.2 Å². The number of nitrogens with two attached hydrogens (primary N) is 1. The number of H-pyrrole nitrogens is 1. The number of nitriles is 1. The number of nitrogens with one attached hydrogen (secondary N) is 1. The number of azide groups is 1. The molecule has 7 heteroatoms. The fourth-order valence-corrected chi connectivity index (χ4v) is 0.987. The topological polar surface area (TPSA) is 127 Å². The zero-order chi connectivity index (χ0) is 11.1. The molecule has 0 aromatic carbocycles. The van der Waals surface area contributed by atoms with Gasteiger partial charge in [0.1, 0.15) is 11.6 Å². The molecule has 0 amide bonds. The summed E-state index contributed by atoms with van der Waals surface area (Å²) in [6.45, 7) is 0.387. The molecular weight excluding hydrogens is 194 g/mol. The molecule has 0 bridgehead atoms. The molecule has 0 radical (unpaired) electrons. The molecule has 1 aromatic heterocycles. The molecule has 0 atom stereocenters. The Morgan fingerprint density at radius 2 is 2.53 bits per heavy atom. The average Bonchev–Trinajstić information content (AvgIpc) is 2.59. The van der Waals surface area contributed by atoms with Crippen molar-refractivity contribution in [3.05, 3.63) is 27.8 Å². The summed E-state index contributed by atoms with van der Waals surface area (Å²) >= 11 is 0. The van der Waals surface area contributed by atoms with Crippen molar-refractivity contribution in [2.75, 3.05) is 12.3 Å². The van der Waals surface area contributed by atoms with E-state index in [1.165, 1.54) is 0 Å². The quantitative estimate of drug-likeness (QED) is 0.333. The van der Waals surface area contributed by atoms with Gasteiger partial charge in [-0.2, -0.15) is 10.4 Å². The fraction of sp³-hybridized carbons (Fsp3) is 0.250. The van der Waals surface area contributed by atoms with Gasteiger partial charge in [-0.3, -0.25) is 5.10 Å². The van der Waals surface area contributed by atoms with Gasteiger partial charge in [-0.15, -0.1) is 0 Å². The molecule has 0 aliphatic rings. The third kappa shape index (κ3) is 2.76. The summed E-state index contributed by atoms with van der Waals surface area (Å²) in [6, 6.07) is 1.94. The summed E-state index contributed by atoms with van der Waals surface area (Å²) in [4.78, 5) is 2.62. The van der Waals surface area contributed by atoms with Gasteiger partial charge in [0, 0.05) is 11.5 Å². The van der Waals surface area contributed by atoms with Crippen molar-refractivity contribution in [2.24, 2.45) is 5.11 Å². The number of rotatable bonds is 4. The predicted molar refractivity (Wildman–Crippen MR) is 55.4 cm³/mol. The smallest absolute Gasteiger partial charge is 0.163 e. The van der Waals surface area contributed by atoms with Gasteiger partial charge in [0.15, 0.2) is 5.82 Å². The molecule has 0 fully saturated rings. The summed E-state index contributed by atoms with van der Waals surface area (Å²) in [5, 5.41) is 18.4. The molecular formula is C8H9N7. The average molecular weight is 203 g/mol. The normalized spacial score (nSPS) is 9.80. The number of nitrogens with zero attached hydrogens (tertiary/aromatic N) is 5. The van der Waals surface area contributed by atoms with E-state index in [2.05, 4.69) is 20.2 Å². The Balaban J connectivity index is 2.65. The Labute approximate surface area is 85.8 Å². The van der Waals surface area contributed by atoms with Crippen LogP contribution in [-0.4, -0.2) is 16.7 Å². The maximum atomic E-state index is 8.74. The van der Waals surface area contributed by atoms with Gasteiger partial charge in [0.25, 0.3) is 0 Å². The van der Waals surface area contributed by atoms with E-state index in [1.54, 1.807) is 12.2 Å². The minimum Gasteiger partial charge on any atom is -0.381 e. The molecule has 0 aliphatic carbocycles. The van der Waals surface area contributed by atoms with Crippen LogP contribution in [0.1, 0.15) is 17.7 Å². The lowest BCUT2D eigenvalue weighted by Crippen LogP contribution is -1.87. The van der Waals surface area contributed by atoms with Crippen LogP contribution in [0.2, 0.25) is 0 Å². The zero-order valence-electron chi connectivity index (χ0n) is 7.88. The third-order valence-electron chi connectivity index (χ3n) is 1.68. The number of aromatic amines is 1. The van der Waals surface area contributed by atoms with Crippen LogP contribution in [0.4, 0.5) is 5.82 Å². The standard InChI is InChI=1S/C8H9N7/c9-5-6-7(13-14-8(6)10)3-1-2-4-12-15-11/h1,3H,2,4H2,(H3,10,13,14). The molecule has 1 aromatic rings.